The topological polar surface area (TPSA) is 65.7 Å². The zero-order chi connectivity index (χ0) is 28.3. The van der Waals surface area contributed by atoms with E-state index in [0.29, 0.717) is 23.3 Å². The summed E-state index contributed by atoms with van der Waals surface area (Å²) in [4.78, 5) is 18.7. The molecular formula is C31H33I2N3O3. The number of hydrogen-bond acceptors (Lipinski definition) is 5. The number of hydrogen-bond donors (Lipinski definition) is 0. The first-order valence-corrected chi connectivity index (χ1v) is 15.3. The fourth-order valence-electron chi connectivity index (χ4n) is 4.25. The molecular weight excluding hydrogens is 716 g/mol. The molecule has 39 heavy (non-hydrogen) atoms. The molecule has 0 radical (unpaired) electrons. The summed E-state index contributed by atoms with van der Waals surface area (Å²) in [6.45, 7) is 13.0. The molecule has 0 fully saturated rings. The maximum atomic E-state index is 13.7. The number of aromatic nitrogens is 2. The van der Waals surface area contributed by atoms with Crippen molar-refractivity contribution in [2.75, 3.05) is 6.61 Å². The van der Waals surface area contributed by atoms with Gasteiger partial charge in [-0.25, -0.2) is 4.98 Å². The van der Waals surface area contributed by atoms with Gasteiger partial charge in [-0.15, -0.1) is 0 Å². The smallest absolute Gasteiger partial charge is 0.282 e. The van der Waals surface area contributed by atoms with Crippen LogP contribution in [0.1, 0.15) is 63.6 Å². The molecule has 0 saturated carbocycles. The zero-order valence-electron chi connectivity index (χ0n) is 23.1. The molecule has 0 unspecified atom stereocenters. The molecule has 0 N–H and O–H groups in total. The number of halogens is 2. The van der Waals surface area contributed by atoms with Gasteiger partial charge >= 0.3 is 0 Å². The van der Waals surface area contributed by atoms with Gasteiger partial charge in [0.25, 0.3) is 5.56 Å². The van der Waals surface area contributed by atoms with Crippen molar-refractivity contribution in [3.8, 4) is 22.9 Å². The Bertz CT molecular complexity index is 1570. The third-order valence-corrected chi connectivity index (χ3v) is 8.11. The van der Waals surface area contributed by atoms with Gasteiger partial charge in [0.15, 0.2) is 5.82 Å². The average Bonchev–Trinajstić information content (AvgIpc) is 2.90. The summed E-state index contributed by atoms with van der Waals surface area (Å²) in [6.07, 6.45) is 2.77. The standard InChI is InChI=1S/C31H33I2N3O3/c1-7-20(6)39-29-25(32)14-21(15-26(29)33)17-34-36-30(35-27-12-10-9-11-22(27)31(36)37)24-16-23(18(3)4)28(38-8-2)13-19(24)5/h9-18,20H,7-8H2,1-6H3/t20-/m0/s1. The van der Waals surface area contributed by atoms with Crippen LogP contribution < -0.4 is 15.0 Å². The lowest BCUT2D eigenvalue weighted by Crippen LogP contribution is -2.21. The molecule has 0 aliphatic carbocycles. The van der Waals surface area contributed by atoms with Gasteiger partial charge in [-0.2, -0.15) is 9.78 Å². The van der Waals surface area contributed by atoms with E-state index in [-0.39, 0.29) is 17.6 Å². The summed E-state index contributed by atoms with van der Waals surface area (Å²) >= 11 is 4.58. The highest BCUT2D eigenvalue weighted by Gasteiger charge is 2.19. The van der Waals surface area contributed by atoms with Gasteiger partial charge in [0.05, 0.1) is 37.0 Å². The zero-order valence-corrected chi connectivity index (χ0v) is 27.4. The van der Waals surface area contributed by atoms with Crippen molar-refractivity contribution in [3.05, 3.63) is 82.7 Å². The molecule has 0 aliphatic rings. The number of aryl methyl sites for hydroxylation is 1. The van der Waals surface area contributed by atoms with Gasteiger partial charge in [0.1, 0.15) is 11.5 Å². The Balaban J connectivity index is 1.89. The van der Waals surface area contributed by atoms with E-state index in [4.69, 9.17) is 19.6 Å². The minimum atomic E-state index is -0.215. The molecule has 1 heterocycles. The van der Waals surface area contributed by atoms with E-state index in [1.807, 2.05) is 50.2 Å². The SMILES string of the molecule is CCOc1cc(C)c(-c2nc3ccccc3c(=O)n2N=Cc2cc(I)c(O[C@@H](C)CC)c(I)c2)cc1C(C)C. The second-order valence-electron chi connectivity index (χ2n) is 9.76. The first-order chi connectivity index (χ1) is 18.6. The predicted octanol–water partition coefficient (Wildman–Crippen LogP) is 8.16. The molecule has 4 aromatic rings. The second-order valence-corrected chi connectivity index (χ2v) is 12.1. The van der Waals surface area contributed by atoms with Crippen LogP contribution in [0, 0.1) is 14.1 Å². The largest absolute Gasteiger partial charge is 0.494 e. The Morgan fingerprint density at radius 3 is 2.38 bits per heavy atom. The van der Waals surface area contributed by atoms with Crippen LogP contribution in [0.2, 0.25) is 0 Å². The average molecular weight is 749 g/mol. The lowest BCUT2D eigenvalue weighted by atomic mass is 9.96. The molecule has 1 aromatic heterocycles. The van der Waals surface area contributed by atoms with Gasteiger partial charge in [0, 0.05) is 5.56 Å². The summed E-state index contributed by atoms with van der Waals surface area (Å²) in [6, 6.07) is 15.5. The molecule has 4 rings (SSSR count). The molecule has 1 atom stereocenters. The van der Waals surface area contributed by atoms with Crippen LogP contribution in [-0.2, 0) is 0 Å². The number of fused-ring (bicyclic) bond motifs is 1. The highest BCUT2D eigenvalue weighted by atomic mass is 127. The third kappa shape index (κ3) is 6.48. The van der Waals surface area contributed by atoms with E-state index < -0.39 is 0 Å². The maximum absolute atomic E-state index is 13.7. The van der Waals surface area contributed by atoms with Crippen molar-refractivity contribution >= 4 is 62.3 Å². The molecule has 0 bridgehead atoms. The van der Waals surface area contributed by atoms with Crippen LogP contribution in [0.5, 0.6) is 11.5 Å². The lowest BCUT2D eigenvalue weighted by molar-refractivity contribution is 0.214. The van der Waals surface area contributed by atoms with E-state index >= 15 is 0 Å². The summed E-state index contributed by atoms with van der Waals surface area (Å²) in [5.74, 6) is 2.46. The van der Waals surface area contributed by atoms with E-state index in [9.17, 15) is 4.79 Å². The van der Waals surface area contributed by atoms with Crippen molar-refractivity contribution in [1.82, 2.24) is 9.66 Å². The van der Waals surface area contributed by atoms with Crippen LogP contribution in [0.3, 0.4) is 0 Å². The fourth-order valence-corrected chi connectivity index (χ4v) is 6.32. The van der Waals surface area contributed by atoms with Crippen molar-refractivity contribution in [2.45, 2.75) is 60.0 Å². The molecule has 6 nitrogen and oxygen atoms in total. The normalized spacial score (nSPS) is 12.4. The van der Waals surface area contributed by atoms with Crippen molar-refractivity contribution in [3.63, 3.8) is 0 Å². The molecule has 0 amide bonds. The Labute approximate surface area is 257 Å². The molecule has 0 saturated heterocycles. The van der Waals surface area contributed by atoms with E-state index in [2.05, 4.69) is 78.9 Å². The van der Waals surface area contributed by atoms with Gasteiger partial charge in [-0.3, -0.25) is 4.79 Å². The predicted molar refractivity (Wildman–Crippen MR) is 177 cm³/mol. The molecule has 0 aliphatic heterocycles. The first kappa shape index (κ1) is 29.5. The third-order valence-electron chi connectivity index (χ3n) is 6.51. The van der Waals surface area contributed by atoms with Crippen molar-refractivity contribution < 1.29 is 9.47 Å². The Morgan fingerprint density at radius 2 is 1.74 bits per heavy atom. The maximum Gasteiger partial charge on any atom is 0.282 e. The summed E-state index contributed by atoms with van der Waals surface area (Å²) in [5, 5.41) is 5.22. The van der Waals surface area contributed by atoms with Crippen LogP contribution in [0.4, 0.5) is 0 Å². The molecule has 3 aromatic carbocycles. The second kappa shape index (κ2) is 12.8. The molecule has 0 spiro atoms. The number of ether oxygens (including phenoxy) is 2. The monoisotopic (exact) mass is 749 g/mol. The van der Waals surface area contributed by atoms with E-state index in [1.54, 1.807) is 12.3 Å². The van der Waals surface area contributed by atoms with Crippen LogP contribution in [-0.4, -0.2) is 28.6 Å². The quantitative estimate of drug-likeness (QED) is 0.128. The number of para-hydroxylation sites is 1. The summed E-state index contributed by atoms with van der Waals surface area (Å²) < 4.78 is 15.5. The first-order valence-electron chi connectivity index (χ1n) is 13.1. The number of rotatable bonds is 9. The summed E-state index contributed by atoms with van der Waals surface area (Å²) in [7, 11) is 0. The lowest BCUT2D eigenvalue weighted by Gasteiger charge is -2.18. The van der Waals surface area contributed by atoms with Crippen LogP contribution >= 0.6 is 45.2 Å². The number of nitrogens with zero attached hydrogens (tertiary/aromatic N) is 3. The van der Waals surface area contributed by atoms with Crippen LogP contribution in [0.15, 0.2) is 58.4 Å². The van der Waals surface area contributed by atoms with Gasteiger partial charge in [0.2, 0.25) is 0 Å². The highest BCUT2D eigenvalue weighted by molar-refractivity contribution is 14.1. The number of benzene rings is 3. The van der Waals surface area contributed by atoms with Crippen LogP contribution in [0.25, 0.3) is 22.3 Å². The Kier molecular flexibility index (Phi) is 9.69. The molecule has 204 valence electrons. The minimum absolute atomic E-state index is 0.129. The van der Waals surface area contributed by atoms with E-state index in [0.717, 1.165) is 47.3 Å². The van der Waals surface area contributed by atoms with E-state index in [1.165, 1.54) is 4.68 Å². The van der Waals surface area contributed by atoms with Crippen molar-refractivity contribution in [2.24, 2.45) is 5.10 Å². The summed E-state index contributed by atoms with van der Waals surface area (Å²) in [5.41, 5.74) is 4.17. The highest BCUT2D eigenvalue weighted by Crippen LogP contribution is 2.34. The minimum Gasteiger partial charge on any atom is -0.494 e. The van der Waals surface area contributed by atoms with Gasteiger partial charge in [-0.1, -0.05) is 32.9 Å². The van der Waals surface area contributed by atoms with Gasteiger partial charge < -0.3 is 9.47 Å². The molecule has 8 heteroatoms. The Hall–Kier alpha value is -2.47. The van der Waals surface area contributed by atoms with Crippen molar-refractivity contribution in [1.29, 1.82) is 0 Å². The Morgan fingerprint density at radius 1 is 1.05 bits per heavy atom. The van der Waals surface area contributed by atoms with Gasteiger partial charge in [-0.05, 0) is 131 Å². The fraction of sp³-hybridized carbons (Fsp3) is 0.323.